The van der Waals surface area contributed by atoms with Gasteiger partial charge in [-0.25, -0.2) is 13.1 Å². The molecule has 0 aliphatic rings. The molecule has 2 atom stereocenters. The summed E-state index contributed by atoms with van der Waals surface area (Å²) >= 11 is 1.55. The second-order valence-corrected chi connectivity index (χ2v) is 7.07. The lowest BCUT2D eigenvalue weighted by molar-refractivity contribution is 0.560. The first kappa shape index (κ1) is 14.2. The van der Waals surface area contributed by atoms with Crippen LogP contribution in [0.25, 0.3) is 0 Å². The van der Waals surface area contributed by atoms with E-state index in [2.05, 4.69) is 4.72 Å². The summed E-state index contributed by atoms with van der Waals surface area (Å²) in [6, 6.07) is 5.37. The van der Waals surface area contributed by atoms with E-state index >= 15 is 0 Å². The van der Waals surface area contributed by atoms with Crippen LogP contribution in [0.1, 0.15) is 36.1 Å². The van der Waals surface area contributed by atoms with E-state index < -0.39 is 15.3 Å². The van der Waals surface area contributed by atoms with Crippen LogP contribution < -0.4 is 4.72 Å². The molecule has 0 aliphatic heterocycles. The maximum atomic E-state index is 11.9. The minimum atomic E-state index is -3.57. The molecule has 0 fully saturated rings. The minimum absolute atomic E-state index is 0.291. The molecule has 1 aromatic heterocycles. The molecule has 0 spiro atoms. The van der Waals surface area contributed by atoms with Crippen molar-refractivity contribution in [2.75, 3.05) is 0 Å². The number of thiophene rings is 1. The Hall–Kier alpha value is -0.900. The molecule has 6 heteroatoms. The van der Waals surface area contributed by atoms with Crippen LogP contribution in [-0.4, -0.2) is 13.7 Å². The third-order valence-electron chi connectivity index (χ3n) is 2.42. The van der Waals surface area contributed by atoms with Gasteiger partial charge in [-0.15, -0.1) is 11.3 Å². The van der Waals surface area contributed by atoms with Crippen molar-refractivity contribution < 1.29 is 8.42 Å². The summed E-state index contributed by atoms with van der Waals surface area (Å²) in [6.45, 7) is 5.44. The summed E-state index contributed by atoms with van der Waals surface area (Å²) in [7, 11) is -3.57. The topological polar surface area (TPSA) is 70.0 Å². The number of nitriles is 1. The molecule has 1 N–H and O–H groups in total. The van der Waals surface area contributed by atoms with E-state index in [1.165, 1.54) is 0 Å². The Bertz CT molecular complexity index is 514. The molecule has 0 aliphatic carbocycles. The Balaban J connectivity index is 2.82. The van der Waals surface area contributed by atoms with Gasteiger partial charge in [0.25, 0.3) is 0 Å². The lowest BCUT2D eigenvalue weighted by Gasteiger charge is -2.15. The lowest BCUT2D eigenvalue weighted by Crippen LogP contribution is -2.34. The van der Waals surface area contributed by atoms with E-state index in [4.69, 9.17) is 5.26 Å². The number of sulfonamides is 1. The van der Waals surface area contributed by atoms with Crippen LogP contribution in [0.3, 0.4) is 0 Å². The number of nitrogens with zero attached hydrogens (tertiary/aromatic N) is 1. The summed E-state index contributed by atoms with van der Waals surface area (Å²) in [5, 5.41) is 7.80. The van der Waals surface area contributed by atoms with Gasteiger partial charge in [0.15, 0.2) is 5.25 Å². The van der Waals surface area contributed by atoms with Crippen molar-refractivity contribution in [2.45, 2.75) is 38.5 Å². The second-order valence-electron chi connectivity index (χ2n) is 3.86. The van der Waals surface area contributed by atoms with Gasteiger partial charge in [0.1, 0.15) is 0 Å². The molecule has 1 heterocycles. The van der Waals surface area contributed by atoms with Crippen LogP contribution in [0.2, 0.25) is 0 Å². The molecule has 0 bridgehead atoms. The third kappa shape index (κ3) is 3.53. The van der Waals surface area contributed by atoms with Crippen molar-refractivity contribution in [3.63, 3.8) is 0 Å². The van der Waals surface area contributed by atoms with Gasteiger partial charge in [-0.2, -0.15) is 5.26 Å². The third-order valence-corrected chi connectivity index (χ3v) is 5.47. The summed E-state index contributed by atoms with van der Waals surface area (Å²) in [5.74, 6) is 0. The van der Waals surface area contributed by atoms with Crippen LogP contribution in [0.15, 0.2) is 12.1 Å². The molecule has 17 heavy (non-hydrogen) atoms. The van der Waals surface area contributed by atoms with Gasteiger partial charge >= 0.3 is 0 Å². The standard InChI is InChI=1S/C11H16N2O2S2/c1-4-10(7-12)17(14,15)13-9(3)11-6-5-8(2)16-11/h5-6,9-10,13H,4H2,1-3H3. The van der Waals surface area contributed by atoms with Gasteiger partial charge in [0, 0.05) is 9.75 Å². The number of hydrogen-bond acceptors (Lipinski definition) is 4. The maximum Gasteiger partial charge on any atom is 0.228 e. The van der Waals surface area contributed by atoms with Gasteiger partial charge in [0.2, 0.25) is 10.0 Å². The molecule has 0 saturated heterocycles. The number of aryl methyl sites for hydroxylation is 1. The Kier molecular flexibility index (Phi) is 4.69. The molecular weight excluding hydrogens is 256 g/mol. The van der Waals surface area contributed by atoms with E-state index in [9.17, 15) is 8.42 Å². The molecule has 0 radical (unpaired) electrons. The zero-order chi connectivity index (χ0) is 13.1. The minimum Gasteiger partial charge on any atom is -0.211 e. The van der Waals surface area contributed by atoms with E-state index in [-0.39, 0.29) is 6.04 Å². The van der Waals surface area contributed by atoms with Crippen molar-refractivity contribution in [1.82, 2.24) is 4.72 Å². The lowest BCUT2D eigenvalue weighted by atomic mass is 10.3. The Morgan fingerprint density at radius 1 is 1.53 bits per heavy atom. The van der Waals surface area contributed by atoms with Gasteiger partial charge in [-0.3, -0.25) is 0 Å². The van der Waals surface area contributed by atoms with Crippen LogP contribution in [0.4, 0.5) is 0 Å². The Morgan fingerprint density at radius 3 is 2.59 bits per heavy atom. The highest BCUT2D eigenvalue weighted by atomic mass is 32.2. The first-order chi connectivity index (χ1) is 7.90. The summed E-state index contributed by atoms with van der Waals surface area (Å²) < 4.78 is 26.3. The van der Waals surface area contributed by atoms with Crippen LogP contribution >= 0.6 is 11.3 Å². The normalized spacial score (nSPS) is 15.2. The zero-order valence-corrected chi connectivity index (χ0v) is 11.7. The Labute approximate surface area is 106 Å². The molecule has 94 valence electrons. The first-order valence-corrected chi connectivity index (χ1v) is 7.74. The van der Waals surface area contributed by atoms with Gasteiger partial charge < -0.3 is 0 Å². The highest BCUT2D eigenvalue weighted by Crippen LogP contribution is 2.23. The van der Waals surface area contributed by atoms with E-state index in [0.717, 1.165) is 9.75 Å². The summed E-state index contributed by atoms with van der Waals surface area (Å²) in [6.07, 6.45) is 0.294. The predicted octanol–water partition coefficient (Wildman–Crippen LogP) is 2.34. The van der Waals surface area contributed by atoms with Crippen molar-refractivity contribution in [3.05, 3.63) is 21.9 Å². The predicted molar refractivity (Wildman–Crippen MR) is 69.2 cm³/mol. The van der Waals surface area contributed by atoms with Crippen molar-refractivity contribution in [2.24, 2.45) is 0 Å². The fraction of sp³-hybridized carbons (Fsp3) is 0.545. The number of rotatable bonds is 5. The number of hydrogen-bond donors (Lipinski definition) is 1. The molecule has 4 nitrogen and oxygen atoms in total. The molecule has 2 unspecified atom stereocenters. The highest BCUT2D eigenvalue weighted by molar-refractivity contribution is 7.90. The zero-order valence-electron chi connectivity index (χ0n) is 10.1. The molecular formula is C11H16N2O2S2. The SMILES string of the molecule is CCC(C#N)S(=O)(=O)NC(C)c1ccc(C)s1. The molecule has 0 aromatic carbocycles. The molecule has 1 rings (SSSR count). The van der Waals surface area contributed by atoms with Crippen LogP contribution in [0.5, 0.6) is 0 Å². The molecule has 0 saturated carbocycles. The fourth-order valence-corrected chi connectivity index (χ4v) is 3.77. The monoisotopic (exact) mass is 272 g/mol. The van der Waals surface area contributed by atoms with Gasteiger partial charge in [-0.1, -0.05) is 6.92 Å². The van der Waals surface area contributed by atoms with E-state index in [1.807, 2.05) is 19.1 Å². The largest absolute Gasteiger partial charge is 0.228 e. The van der Waals surface area contributed by atoms with Gasteiger partial charge in [-0.05, 0) is 32.4 Å². The van der Waals surface area contributed by atoms with Gasteiger partial charge in [0.05, 0.1) is 12.1 Å². The quantitative estimate of drug-likeness (QED) is 0.894. The number of nitrogens with one attached hydrogen (secondary N) is 1. The average molecular weight is 272 g/mol. The average Bonchev–Trinajstić information content (AvgIpc) is 2.65. The summed E-state index contributed by atoms with van der Waals surface area (Å²) in [5.41, 5.74) is 0. The molecule has 1 aromatic rings. The summed E-state index contributed by atoms with van der Waals surface area (Å²) in [4.78, 5) is 2.09. The van der Waals surface area contributed by atoms with Crippen LogP contribution in [-0.2, 0) is 10.0 Å². The smallest absolute Gasteiger partial charge is 0.211 e. The van der Waals surface area contributed by atoms with E-state index in [0.29, 0.717) is 6.42 Å². The maximum absolute atomic E-state index is 11.9. The Morgan fingerprint density at radius 2 is 2.18 bits per heavy atom. The van der Waals surface area contributed by atoms with Crippen molar-refractivity contribution >= 4 is 21.4 Å². The fourth-order valence-electron chi connectivity index (χ4n) is 1.45. The first-order valence-electron chi connectivity index (χ1n) is 5.37. The van der Waals surface area contributed by atoms with E-state index in [1.54, 1.807) is 31.3 Å². The van der Waals surface area contributed by atoms with Crippen molar-refractivity contribution in [3.8, 4) is 6.07 Å². The second kappa shape index (κ2) is 5.63. The molecule has 0 amide bonds. The highest BCUT2D eigenvalue weighted by Gasteiger charge is 2.25. The van der Waals surface area contributed by atoms with Crippen molar-refractivity contribution in [1.29, 1.82) is 5.26 Å². The van der Waals surface area contributed by atoms with Crippen LogP contribution in [0, 0.1) is 18.3 Å².